The van der Waals surface area contributed by atoms with Crippen molar-refractivity contribution in [1.82, 2.24) is 0 Å². The van der Waals surface area contributed by atoms with Gasteiger partial charge in [0.25, 0.3) is 0 Å². The summed E-state index contributed by atoms with van der Waals surface area (Å²) < 4.78 is 48.8. The monoisotopic (exact) mass is 582 g/mol. The highest BCUT2D eigenvalue weighted by atomic mass is 32.3. The molecule has 228 valence electrons. The van der Waals surface area contributed by atoms with E-state index in [2.05, 4.69) is 33.8 Å². The Morgan fingerprint density at radius 3 is 2.38 bits per heavy atom. The first kappa shape index (κ1) is 31.5. The van der Waals surface area contributed by atoms with Crippen LogP contribution < -0.4 is 0 Å². The molecule has 4 rings (SSSR count). The lowest BCUT2D eigenvalue weighted by molar-refractivity contribution is -0.154. The highest BCUT2D eigenvalue weighted by Gasteiger charge is 2.61. The number of hydrogen-bond donors (Lipinski definition) is 1. The van der Waals surface area contributed by atoms with Crippen LogP contribution in [0.3, 0.4) is 0 Å². The summed E-state index contributed by atoms with van der Waals surface area (Å²) in [5.74, 6) is 2.33. The number of hydrogen-bond acceptors (Lipinski definition) is 7. The summed E-state index contributed by atoms with van der Waals surface area (Å²) in [5.41, 5.74) is 0.908. The molecule has 0 spiro atoms. The molecule has 0 amide bonds. The second kappa shape index (κ2) is 12.0. The van der Waals surface area contributed by atoms with Gasteiger partial charge in [0, 0.05) is 13.8 Å². The minimum absolute atomic E-state index is 0.187. The van der Waals surface area contributed by atoms with Crippen LogP contribution in [0.4, 0.5) is 0 Å². The fourth-order valence-corrected chi connectivity index (χ4v) is 9.99. The second-order valence-corrected chi connectivity index (χ2v) is 15.0. The van der Waals surface area contributed by atoms with E-state index in [1.807, 2.05) is 0 Å². The van der Waals surface area contributed by atoms with Crippen molar-refractivity contribution in [2.24, 2.45) is 46.3 Å². The maximum atomic E-state index is 12.0. The molecule has 9 heteroatoms. The third-order valence-corrected chi connectivity index (χ3v) is 11.6. The first-order valence-electron chi connectivity index (χ1n) is 15.3. The van der Waals surface area contributed by atoms with Crippen LogP contribution >= 0.6 is 0 Å². The van der Waals surface area contributed by atoms with Gasteiger partial charge in [-0.15, -0.1) is 0 Å². The molecular formula is C31H50O8S. The van der Waals surface area contributed by atoms with Crippen molar-refractivity contribution < 1.29 is 36.2 Å². The molecule has 0 unspecified atom stereocenters. The fourth-order valence-electron chi connectivity index (χ4n) is 9.48. The van der Waals surface area contributed by atoms with E-state index in [1.54, 1.807) is 0 Å². The van der Waals surface area contributed by atoms with Crippen molar-refractivity contribution in [1.29, 1.82) is 0 Å². The van der Waals surface area contributed by atoms with Crippen LogP contribution in [0.25, 0.3) is 0 Å². The predicted molar refractivity (Wildman–Crippen MR) is 151 cm³/mol. The number of ether oxygens (including phenoxy) is 2. The number of carbonyl (C=O) groups excluding carboxylic acids is 2. The lowest BCUT2D eigenvalue weighted by atomic mass is 9.46. The van der Waals surface area contributed by atoms with Gasteiger partial charge in [-0.1, -0.05) is 46.6 Å². The highest BCUT2D eigenvalue weighted by molar-refractivity contribution is 7.80. The van der Waals surface area contributed by atoms with Gasteiger partial charge >= 0.3 is 22.3 Å². The predicted octanol–water partition coefficient (Wildman–Crippen LogP) is 6.30. The van der Waals surface area contributed by atoms with Crippen molar-refractivity contribution in [2.45, 2.75) is 118 Å². The quantitative estimate of drug-likeness (QED) is 0.181. The third-order valence-electron chi connectivity index (χ3n) is 11.2. The van der Waals surface area contributed by atoms with Crippen LogP contribution in [-0.2, 0) is 33.6 Å². The lowest BCUT2D eigenvalue weighted by Gasteiger charge is -2.59. The number of esters is 2. The van der Waals surface area contributed by atoms with Gasteiger partial charge in [0.05, 0.1) is 6.61 Å². The highest BCUT2D eigenvalue weighted by Crippen LogP contribution is 2.67. The van der Waals surface area contributed by atoms with Gasteiger partial charge in [-0.05, 0) is 103 Å². The Hall–Kier alpha value is -1.45. The zero-order valence-corrected chi connectivity index (χ0v) is 26.0. The van der Waals surface area contributed by atoms with E-state index in [0.717, 1.165) is 50.5 Å². The number of rotatable bonds is 10. The summed E-state index contributed by atoms with van der Waals surface area (Å²) in [6, 6.07) is 0. The van der Waals surface area contributed by atoms with Crippen molar-refractivity contribution in [3.63, 3.8) is 0 Å². The van der Waals surface area contributed by atoms with E-state index in [4.69, 9.17) is 13.7 Å². The van der Waals surface area contributed by atoms with Crippen LogP contribution in [0.2, 0.25) is 0 Å². The number of carbonyl (C=O) groups is 2. The topological polar surface area (TPSA) is 116 Å². The van der Waals surface area contributed by atoms with Gasteiger partial charge < -0.3 is 9.47 Å². The largest absolute Gasteiger partial charge is 0.466 e. The van der Waals surface area contributed by atoms with Crippen molar-refractivity contribution in [3.8, 4) is 0 Å². The number of allylic oxidation sites excluding steroid dienone is 1. The molecule has 3 fully saturated rings. The van der Waals surface area contributed by atoms with Gasteiger partial charge in [0.1, 0.15) is 6.10 Å². The molecule has 0 aromatic heterocycles. The summed E-state index contributed by atoms with van der Waals surface area (Å²) in [7, 11) is -4.68. The summed E-state index contributed by atoms with van der Waals surface area (Å²) in [4.78, 5) is 23.8. The Bertz CT molecular complexity index is 1080. The molecule has 40 heavy (non-hydrogen) atoms. The maximum absolute atomic E-state index is 12.0. The van der Waals surface area contributed by atoms with Crippen LogP contribution in [0, 0.1) is 46.3 Å². The van der Waals surface area contributed by atoms with Crippen LogP contribution in [0.15, 0.2) is 11.6 Å². The Kier molecular flexibility index (Phi) is 9.48. The van der Waals surface area contributed by atoms with Crippen LogP contribution in [-0.4, -0.2) is 43.7 Å². The molecule has 0 saturated heterocycles. The normalized spacial score (nSPS) is 38.0. The zero-order chi connectivity index (χ0) is 29.5. The Balaban J connectivity index is 1.58. The van der Waals surface area contributed by atoms with E-state index in [0.29, 0.717) is 48.5 Å². The first-order valence-corrected chi connectivity index (χ1v) is 16.7. The lowest BCUT2D eigenvalue weighted by Crippen LogP contribution is -2.55. The standard InChI is InChI=1S/C31H50O8S/c1-19(2)8-7-9-22(18-37-20(3)32)24-12-13-25-23-10-11-27-29(38-21(4)33)28(39-40(34,35)36)15-17-31(27,6)26(23)14-16-30(24,25)5/h11,19,22-26,28-29H,7-10,12-18H2,1-6H3,(H,34,35,36)/t22-,23-,24+,25-,26-,28+,29+,30+,31+/m0/s1. The van der Waals surface area contributed by atoms with Crippen molar-refractivity contribution >= 4 is 22.3 Å². The molecule has 0 aromatic rings. The third kappa shape index (κ3) is 6.46. The summed E-state index contributed by atoms with van der Waals surface area (Å²) in [5, 5.41) is 0. The molecule has 0 aliphatic heterocycles. The molecule has 4 aliphatic carbocycles. The Morgan fingerprint density at radius 1 is 1.02 bits per heavy atom. The summed E-state index contributed by atoms with van der Waals surface area (Å²) in [6.07, 6.45) is 10.3. The molecule has 8 nitrogen and oxygen atoms in total. The van der Waals surface area contributed by atoms with Crippen LogP contribution in [0.1, 0.15) is 106 Å². The van der Waals surface area contributed by atoms with E-state index in [-0.39, 0.29) is 16.8 Å². The molecule has 1 N–H and O–H groups in total. The molecular weight excluding hydrogens is 532 g/mol. The average molecular weight is 583 g/mol. The molecule has 0 bridgehead atoms. The SMILES string of the molecule is CC(=O)OC[C@H](CCCC(C)C)[C@H]1CC[C@H]2[C@@H]3CC=C4[C@@H](OC(C)=O)[C@H](OS(=O)(=O)O)CC[C@]4(C)[C@H]3CC[C@]12C. The van der Waals surface area contributed by atoms with Gasteiger partial charge in [-0.3, -0.25) is 14.1 Å². The van der Waals surface area contributed by atoms with Crippen LogP contribution in [0.5, 0.6) is 0 Å². The van der Waals surface area contributed by atoms with E-state index in [9.17, 15) is 22.6 Å². The second-order valence-electron chi connectivity index (χ2n) is 13.9. The Labute approximate surface area is 240 Å². The minimum Gasteiger partial charge on any atom is -0.466 e. The van der Waals surface area contributed by atoms with E-state index >= 15 is 0 Å². The van der Waals surface area contributed by atoms with Gasteiger partial charge in [-0.25, -0.2) is 4.18 Å². The fraction of sp³-hybridized carbons (Fsp3) is 0.871. The van der Waals surface area contributed by atoms with Crippen molar-refractivity contribution in [2.75, 3.05) is 6.61 Å². The first-order chi connectivity index (χ1) is 18.7. The van der Waals surface area contributed by atoms with Gasteiger partial charge in [0.15, 0.2) is 6.10 Å². The molecule has 3 saturated carbocycles. The minimum atomic E-state index is -4.68. The molecule has 4 aliphatic rings. The molecule has 0 radical (unpaired) electrons. The molecule has 0 heterocycles. The average Bonchev–Trinajstić information content (AvgIpc) is 3.18. The van der Waals surface area contributed by atoms with E-state index < -0.39 is 28.6 Å². The molecule has 9 atom stereocenters. The summed E-state index contributed by atoms with van der Waals surface area (Å²) >= 11 is 0. The zero-order valence-electron chi connectivity index (χ0n) is 25.2. The maximum Gasteiger partial charge on any atom is 0.397 e. The number of fused-ring (bicyclic) bond motifs is 5. The smallest absolute Gasteiger partial charge is 0.397 e. The van der Waals surface area contributed by atoms with E-state index in [1.165, 1.54) is 26.7 Å². The van der Waals surface area contributed by atoms with Gasteiger partial charge in [0.2, 0.25) is 0 Å². The van der Waals surface area contributed by atoms with Crippen molar-refractivity contribution in [3.05, 3.63) is 11.6 Å². The molecule has 0 aromatic carbocycles. The van der Waals surface area contributed by atoms with Gasteiger partial charge in [-0.2, -0.15) is 8.42 Å². The summed E-state index contributed by atoms with van der Waals surface area (Å²) in [6.45, 7) is 12.6. The Morgan fingerprint density at radius 2 is 1.75 bits per heavy atom.